The first-order valence-corrected chi connectivity index (χ1v) is 6.75. The molecule has 0 bridgehead atoms. The molecule has 2 N–H and O–H groups in total. The molecule has 0 heterocycles. The lowest BCUT2D eigenvalue weighted by Crippen LogP contribution is -2.00. The number of anilines is 1. The average molecular weight is 322 g/mol. The number of benzene rings is 2. The zero-order valence-electron chi connectivity index (χ0n) is 10.9. The Morgan fingerprint density at radius 3 is 2.68 bits per heavy atom. The summed E-state index contributed by atoms with van der Waals surface area (Å²) in [5, 5.41) is 13.1. The molecule has 0 aliphatic rings. The molecular weight excluding hydrogens is 306 g/mol. The molecule has 0 fully saturated rings. The van der Waals surface area contributed by atoms with E-state index in [0.717, 1.165) is 27.0 Å². The highest BCUT2D eigenvalue weighted by Crippen LogP contribution is 2.28. The first-order chi connectivity index (χ1) is 9.10. The van der Waals surface area contributed by atoms with E-state index in [0.29, 0.717) is 12.3 Å². The zero-order chi connectivity index (χ0) is 13.8. The molecule has 0 saturated carbocycles. The molecule has 0 amide bonds. The Bertz CT molecular complexity index is 584. The summed E-state index contributed by atoms with van der Waals surface area (Å²) >= 11 is 3.45. The van der Waals surface area contributed by atoms with Crippen LogP contribution in [0.2, 0.25) is 0 Å². The van der Waals surface area contributed by atoms with Gasteiger partial charge in [-0.1, -0.05) is 17.7 Å². The zero-order valence-corrected chi connectivity index (χ0v) is 12.5. The Morgan fingerprint density at radius 1 is 1.21 bits per heavy atom. The van der Waals surface area contributed by atoms with Crippen molar-refractivity contribution in [2.45, 2.75) is 13.5 Å². The molecule has 0 aromatic heterocycles. The van der Waals surface area contributed by atoms with Crippen molar-refractivity contribution in [1.82, 2.24) is 0 Å². The Hall–Kier alpha value is -1.68. The van der Waals surface area contributed by atoms with Gasteiger partial charge < -0.3 is 15.2 Å². The summed E-state index contributed by atoms with van der Waals surface area (Å²) in [4.78, 5) is 0. The second-order valence-electron chi connectivity index (χ2n) is 4.34. The number of halogens is 1. The third-order valence-corrected chi connectivity index (χ3v) is 3.49. The molecule has 0 atom stereocenters. The maximum atomic E-state index is 9.78. The Labute approximate surface area is 121 Å². The van der Waals surface area contributed by atoms with Crippen molar-refractivity contribution in [3.05, 3.63) is 52.0 Å². The van der Waals surface area contributed by atoms with Crippen LogP contribution >= 0.6 is 15.9 Å². The molecule has 4 heteroatoms. The lowest BCUT2D eigenvalue weighted by atomic mass is 10.1. The molecule has 0 aliphatic heterocycles. The fourth-order valence-electron chi connectivity index (χ4n) is 1.83. The second kappa shape index (κ2) is 5.97. The summed E-state index contributed by atoms with van der Waals surface area (Å²) < 4.78 is 6.08. The fraction of sp³-hybridized carbons (Fsp3) is 0.200. The van der Waals surface area contributed by atoms with E-state index in [4.69, 9.17) is 4.74 Å². The number of nitrogens with one attached hydrogen (secondary N) is 1. The number of rotatable bonds is 4. The SMILES string of the molecule is COc1ccc(NCc2cc(C)ccc2O)cc1Br. The van der Waals surface area contributed by atoms with Crippen LogP contribution in [-0.2, 0) is 6.54 Å². The molecule has 0 radical (unpaired) electrons. The lowest BCUT2D eigenvalue weighted by molar-refractivity contribution is 0.412. The number of aromatic hydroxyl groups is 1. The van der Waals surface area contributed by atoms with Gasteiger partial charge in [0.05, 0.1) is 11.6 Å². The van der Waals surface area contributed by atoms with Crippen LogP contribution in [0.25, 0.3) is 0 Å². The maximum Gasteiger partial charge on any atom is 0.133 e. The smallest absolute Gasteiger partial charge is 0.133 e. The van der Waals surface area contributed by atoms with Crippen LogP contribution in [0.4, 0.5) is 5.69 Å². The second-order valence-corrected chi connectivity index (χ2v) is 5.19. The van der Waals surface area contributed by atoms with E-state index < -0.39 is 0 Å². The summed E-state index contributed by atoms with van der Waals surface area (Å²) in [5.41, 5.74) is 2.98. The Morgan fingerprint density at radius 2 is 2.00 bits per heavy atom. The highest BCUT2D eigenvalue weighted by Gasteiger charge is 2.04. The number of methoxy groups -OCH3 is 1. The molecular formula is C15H16BrNO2. The standard InChI is InChI=1S/C15H16BrNO2/c1-10-3-5-14(18)11(7-10)9-17-12-4-6-15(19-2)13(16)8-12/h3-8,17-18H,9H2,1-2H3. The molecule has 0 saturated heterocycles. The van der Waals surface area contributed by atoms with Crippen molar-refractivity contribution in [1.29, 1.82) is 0 Å². The quantitative estimate of drug-likeness (QED) is 0.891. The molecule has 19 heavy (non-hydrogen) atoms. The molecule has 2 rings (SSSR count). The van der Waals surface area contributed by atoms with E-state index in [1.165, 1.54) is 0 Å². The topological polar surface area (TPSA) is 41.5 Å². The number of hydrogen-bond acceptors (Lipinski definition) is 3. The predicted molar refractivity (Wildman–Crippen MR) is 80.9 cm³/mol. The number of aryl methyl sites for hydroxylation is 1. The molecule has 3 nitrogen and oxygen atoms in total. The minimum absolute atomic E-state index is 0.311. The van der Waals surface area contributed by atoms with E-state index in [1.54, 1.807) is 13.2 Å². The van der Waals surface area contributed by atoms with E-state index in [1.807, 2.05) is 37.3 Å². The minimum atomic E-state index is 0.311. The van der Waals surface area contributed by atoms with Crippen molar-refractivity contribution < 1.29 is 9.84 Å². The summed E-state index contributed by atoms with van der Waals surface area (Å²) in [5.74, 6) is 1.11. The third-order valence-electron chi connectivity index (χ3n) is 2.87. The molecule has 2 aromatic carbocycles. The van der Waals surface area contributed by atoms with Crippen LogP contribution in [0.1, 0.15) is 11.1 Å². The monoisotopic (exact) mass is 321 g/mol. The van der Waals surface area contributed by atoms with E-state index in [2.05, 4.69) is 21.2 Å². The van der Waals surface area contributed by atoms with Gasteiger partial charge in [0.15, 0.2) is 0 Å². The van der Waals surface area contributed by atoms with Crippen molar-refractivity contribution in [2.75, 3.05) is 12.4 Å². The van der Waals surface area contributed by atoms with Gasteiger partial charge in [-0.3, -0.25) is 0 Å². The van der Waals surface area contributed by atoms with Gasteiger partial charge in [-0.25, -0.2) is 0 Å². The largest absolute Gasteiger partial charge is 0.508 e. The lowest BCUT2D eigenvalue weighted by Gasteiger charge is -2.10. The summed E-state index contributed by atoms with van der Waals surface area (Å²) in [7, 11) is 1.64. The van der Waals surface area contributed by atoms with Gasteiger partial charge in [0, 0.05) is 17.8 Å². The van der Waals surface area contributed by atoms with Crippen molar-refractivity contribution in [3.8, 4) is 11.5 Å². The minimum Gasteiger partial charge on any atom is -0.508 e. The van der Waals surface area contributed by atoms with Crippen LogP contribution in [0, 0.1) is 6.92 Å². The van der Waals surface area contributed by atoms with E-state index >= 15 is 0 Å². The first-order valence-electron chi connectivity index (χ1n) is 5.96. The Balaban J connectivity index is 2.10. The average Bonchev–Trinajstić information content (AvgIpc) is 2.40. The molecule has 0 unspecified atom stereocenters. The van der Waals surface area contributed by atoms with Crippen molar-refractivity contribution in [2.24, 2.45) is 0 Å². The molecule has 0 aliphatic carbocycles. The highest BCUT2D eigenvalue weighted by molar-refractivity contribution is 9.10. The highest BCUT2D eigenvalue weighted by atomic mass is 79.9. The fourth-order valence-corrected chi connectivity index (χ4v) is 2.37. The number of hydrogen-bond donors (Lipinski definition) is 2. The number of ether oxygens (including phenoxy) is 1. The van der Waals surface area contributed by atoms with Crippen LogP contribution < -0.4 is 10.1 Å². The van der Waals surface area contributed by atoms with Crippen molar-refractivity contribution in [3.63, 3.8) is 0 Å². The van der Waals surface area contributed by atoms with Gasteiger partial charge in [0.1, 0.15) is 11.5 Å². The van der Waals surface area contributed by atoms with Gasteiger partial charge in [-0.2, -0.15) is 0 Å². The molecule has 0 spiro atoms. The van der Waals surface area contributed by atoms with Gasteiger partial charge in [0.2, 0.25) is 0 Å². The molecule has 100 valence electrons. The number of phenols is 1. The van der Waals surface area contributed by atoms with Gasteiger partial charge in [-0.05, 0) is 47.1 Å². The maximum absolute atomic E-state index is 9.78. The number of phenolic OH excluding ortho intramolecular Hbond substituents is 1. The molecule has 2 aromatic rings. The summed E-state index contributed by atoms with van der Waals surface area (Å²) in [6.45, 7) is 2.58. The van der Waals surface area contributed by atoms with Crippen LogP contribution in [0.5, 0.6) is 11.5 Å². The van der Waals surface area contributed by atoms with Gasteiger partial charge >= 0.3 is 0 Å². The third kappa shape index (κ3) is 3.41. The van der Waals surface area contributed by atoms with Crippen LogP contribution in [0.15, 0.2) is 40.9 Å². The van der Waals surface area contributed by atoms with Crippen molar-refractivity contribution >= 4 is 21.6 Å². The van der Waals surface area contributed by atoms with E-state index in [-0.39, 0.29) is 0 Å². The predicted octanol–water partition coefficient (Wildman–Crippen LogP) is 4.08. The Kier molecular flexibility index (Phi) is 4.32. The van der Waals surface area contributed by atoms with Gasteiger partial charge in [0.25, 0.3) is 0 Å². The first kappa shape index (κ1) is 13.7. The summed E-state index contributed by atoms with van der Waals surface area (Å²) in [6.07, 6.45) is 0. The van der Waals surface area contributed by atoms with E-state index in [9.17, 15) is 5.11 Å². The van der Waals surface area contributed by atoms with Gasteiger partial charge in [-0.15, -0.1) is 0 Å². The normalized spacial score (nSPS) is 10.3. The summed E-state index contributed by atoms with van der Waals surface area (Å²) in [6, 6.07) is 11.4. The van der Waals surface area contributed by atoms with Crippen LogP contribution in [-0.4, -0.2) is 12.2 Å². The van der Waals surface area contributed by atoms with Crippen LogP contribution in [0.3, 0.4) is 0 Å².